The van der Waals surface area contributed by atoms with Crippen molar-refractivity contribution in [3.63, 3.8) is 0 Å². The second-order valence-corrected chi connectivity index (χ2v) is 5.24. The fourth-order valence-electron chi connectivity index (χ4n) is 1.91. The van der Waals surface area contributed by atoms with Crippen LogP contribution in [0.1, 0.15) is 27.7 Å². The summed E-state index contributed by atoms with van der Waals surface area (Å²) in [5.41, 5.74) is 6.11. The Morgan fingerprint density at radius 2 is 1.94 bits per heavy atom. The lowest BCUT2D eigenvalue weighted by Crippen LogP contribution is -2.39. The predicted molar refractivity (Wildman–Crippen MR) is 76.1 cm³/mol. The highest BCUT2D eigenvalue weighted by Gasteiger charge is 2.13. The predicted octanol–water partition coefficient (Wildman–Crippen LogP) is 2.81. The second kappa shape index (κ2) is 6.81. The molecule has 0 radical (unpaired) electrons. The molecule has 0 amide bonds. The van der Waals surface area contributed by atoms with Gasteiger partial charge in [0, 0.05) is 18.6 Å². The van der Waals surface area contributed by atoms with Gasteiger partial charge >= 0.3 is 0 Å². The number of anilines is 1. The first kappa shape index (κ1) is 15.1. The third kappa shape index (κ3) is 4.35. The van der Waals surface area contributed by atoms with E-state index in [2.05, 4.69) is 37.6 Å². The van der Waals surface area contributed by atoms with Crippen LogP contribution < -0.4 is 10.5 Å². The van der Waals surface area contributed by atoms with Crippen molar-refractivity contribution in [3.8, 4) is 5.88 Å². The second-order valence-electron chi connectivity index (χ2n) is 4.83. The van der Waals surface area contributed by atoms with Gasteiger partial charge in [-0.05, 0) is 33.8 Å². The van der Waals surface area contributed by atoms with Gasteiger partial charge in [-0.3, -0.25) is 4.90 Å². The maximum absolute atomic E-state index is 5.99. The Labute approximate surface area is 114 Å². The maximum Gasteiger partial charge on any atom is 0.232 e. The zero-order chi connectivity index (χ0) is 13.7. The third-order valence-electron chi connectivity index (χ3n) is 2.74. The molecule has 0 unspecified atom stereocenters. The Morgan fingerprint density at radius 1 is 1.33 bits per heavy atom. The standard InChI is InChI=1S/C13H22ClN3O/c1-9(2)17(10(3)4)5-6-18-13-12(14)7-11(15)8-16-13/h7-10H,5-6,15H2,1-4H3. The Bertz CT molecular complexity index is 374. The molecule has 2 N–H and O–H groups in total. The summed E-state index contributed by atoms with van der Waals surface area (Å²) in [7, 11) is 0. The zero-order valence-electron chi connectivity index (χ0n) is 11.5. The molecule has 18 heavy (non-hydrogen) atoms. The topological polar surface area (TPSA) is 51.4 Å². The van der Waals surface area contributed by atoms with Crippen molar-refractivity contribution in [2.75, 3.05) is 18.9 Å². The molecular weight excluding hydrogens is 250 g/mol. The SMILES string of the molecule is CC(C)N(CCOc1ncc(N)cc1Cl)C(C)C. The summed E-state index contributed by atoms with van der Waals surface area (Å²) in [5, 5.41) is 0.454. The van der Waals surface area contributed by atoms with Gasteiger partial charge in [-0.25, -0.2) is 4.98 Å². The van der Waals surface area contributed by atoms with Crippen LogP contribution in [-0.2, 0) is 0 Å². The van der Waals surface area contributed by atoms with Gasteiger partial charge in [-0.1, -0.05) is 11.6 Å². The highest BCUT2D eigenvalue weighted by atomic mass is 35.5. The molecule has 1 aromatic rings. The molecule has 0 aliphatic heterocycles. The van der Waals surface area contributed by atoms with E-state index >= 15 is 0 Å². The van der Waals surface area contributed by atoms with Gasteiger partial charge < -0.3 is 10.5 Å². The van der Waals surface area contributed by atoms with Crippen molar-refractivity contribution in [2.24, 2.45) is 0 Å². The van der Waals surface area contributed by atoms with Gasteiger partial charge in [0.15, 0.2) is 0 Å². The maximum atomic E-state index is 5.99. The molecular formula is C13H22ClN3O. The summed E-state index contributed by atoms with van der Waals surface area (Å²) in [5.74, 6) is 0.443. The minimum absolute atomic E-state index is 0.443. The summed E-state index contributed by atoms with van der Waals surface area (Å²) in [6.45, 7) is 10.1. The van der Waals surface area contributed by atoms with Crippen molar-refractivity contribution < 1.29 is 4.74 Å². The van der Waals surface area contributed by atoms with E-state index in [4.69, 9.17) is 22.1 Å². The molecule has 0 saturated heterocycles. The van der Waals surface area contributed by atoms with Crippen molar-refractivity contribution in [2.45, 2.75) is 39.8 Å². The number of rotatable bonds is 6. The third-order valence-corrected chi connectivity index (χ3v) is 3.01. The highest BCUT2D eigenvalue weighted by Crippen LogP contribution is 2.23. The van der Waals surface area contributed by atoms with Gasteiger partial charge in [-0.2, -0.15) is 0 Å². The van der Waals surface area contributed by atoms with Gasteiger partial charge in [0.25, 0.3) is 0 Å². The summed E-state index contributed by atoms with van der Waals surface area (Å²) < 4.78 is 5.58. The molecule has 0 bridgehead atoms. The van der Waals surface area contributed by atoms with Gasteiger partial charge in [0.05, 0.1) is 11.9 Å². The first-order valence-electron chi connectivity index (χ1n) is 6.21. The number of nitrogens with two attached hydrogens (primary N) is 1. The molecule has 1 aromatic heterocycles. The van der Waals surface area contributed by atoms with Gasteiger partial charge in [0.1, 0.15) is 11.6 Å². The lowest BCUT2D eigenvalue weighted by Gasteiger charge is -2.30. The first-order valence-corrected chi connectivity index (χ1v) is 6.59. The van der Waals surface area contributed by atoms with Crippen LogP contribution >= 0.6 is 11.6 Å². The Hall–Kier alpha value is -1.00. The summed E-state index contributed by atoms with van der Waals surface area (Å²) >= 11 is 5.99. The number of hydrogen-bond donors (Lipinski definition) is 1. The van der Waals surface area contributed by atoms with Crippen LogP contribution in [-0.4, -0.2) is 35.1 Å². The van der Waals surface area contributed by atoms with Crippen molar-refractivity contribution >= 4 is 17.3 Å². The van der Waals surface area contributed by atoms with Crippen LogP contribution in [0.15, 0.2) is 12.3 Å². The van der Waals surface area contributed by atoms with E-state index in [1.165, 1.54) is 0 Å². The quantitative estimate of drug-likeness (QED) is 0.864. The molecule has 4 nitrogen and oxygen atoms in total. The molecule has 102 valence electrons. The lowest BCUT2D eigenvalue weighted by molar-refractivity contribution is 0.140. The van der Waals surface area contributed by atoms with E-state index in [9.17, 15) is 0 Å². The molecule has 0 fully saturated rings. The zero-order valence-corrected chi connectivity index (χ0v) is 12.2. The number of ether oxygens (including phenoxy) is 1. The van der Waals surface area contributed by atoms with Crippen LogP contribution in [0.5, 0.6) is 5.88 Å². The van der Waals surface area contributed by atoms with E-state index in [1.807, 2.05) is 0 Å². The van der Waals surface area contributed by atoms with Gasteiger partial charge in [0.2, 0.25) is 5.88 Å². The average molecular weight is 272 g/mol. The van der Waals surface area contributed by atoms with Crippen LogP contribution in [0.25, 0.3) is 0 Å². The molecule has 0 saturated carbocycles. The molecule has 1 rings (SSSR count). The summed E-state index contributed by atoms with van der Waals surface area (Å²) in [4.78, 5) is 6.42. The molecule has 0 aromatic carbocycles. The fourth-order valence-corrected chi connectivity index (χ4v) is 2.14. The minimum atomic E-state index is 0.443. The molecule has 0 spiro atoms. The number of nitrogens with zero attached hydrogens (tertiary/aromatic N) is 2. The fraction of sp³-hybridized carbons (Fsp3) is 0.615. The Balaban J connectivity index is 2.50. The molecule has 0 aliphatic rings. The van der Waals surface area contributed by atoms with Crippen molar-refractivity contribution in [3.05, 3.63) is 17.3 Å². The number of nitrogen functional groups attached to an aromatic ring is 1. The van der Waals surface area contributed by atoms with Crippen molar-refractivity contribution in [1.82, 2.24) is 9.88 Å². The number of hydrogen-bond acceptors (Lipinski definition) is 4. The monoisotopic (exact) mass is 271 g/mol. The van der Waals surface area contributed by atoms with Gasteiger partial charge in [-0.15, -0.1) is 0 Å². The largest absolute Gasteiger partial charge is 0.475 e. The van der Waals surface area contributed by atoms with E-state index < -0.39 is 0 Å². The first-order chi connectivity index (χ1) is 8.41. The molecule has 5 heteroatoms. The van der Waals surface area contributed by atoms with E-state index in [-0.39, 0.29) is 0 Å². The lowest BCUT2D eigenvalue weighted by atomic mass is 10.2. The minimum Gasteiger partial charge on any atom is -0.475 e. The van der Waals surface area contributed by atoms with E-state index in [1.54, 1.807) is 12.3 Å². The van der Waals surface area contributed by atoms with E-state index in [0.29, 0.717) is 35.3 Å². The number of halogens is 1. The normalized spacial score (nSPS) is 11.6. The molecule has 0 aliphatic carbocycles. The Kier molecular flexibility index (Phi) is 5.69. The molecule has 1 heterocycles. The molecule has 0 atom stereocenters. The number of aromatic nitrogens is 1. The summed E-state index contributed by atoms with van der Waals surface area (Å²) in [6, 6.07) is 2.62. The number of pyridine rings is 1. The Morgan fingerprint density at radius 3 is 2.44 bits per heavy atom. The smallest absolute Gasteiger partial charge is 0.232 e. The van der Waals surface area contributed by atoms with Crippen LogP contribution in [0.3, 0.4) is 0 Å². The van der Waals surface area contributed by atoms with Crippen LogP contribution in [0.2, 0.25) is 5.02 Å². The average Bonchev–Trinajstić information content (AvgIpc) is 2.25. The van der Waals surface area contributed by atoms with E-state index in [0.717, 1.165) is 6.54 Å². The van der Waals surface area contributed by atoms with Crippen molar-refractivity contribution in [1.29, 1.82) is 0 Å². The van der Waals surface area contributed by atoms with Crippen LogP contribution in [0, 0.1) is 0 Å². The highest BCUT2D eigenvalue weighted by molar-refractivity contribution is 6.32. The summed E-state index contributed by atoms with van der Waals surface area (Å²) in [6.07, 6.45) is 1.55. The van der Waals surface area contributed by atoms with Crippen LogP contribution in [0.4, 0.5) is 5.69 Å².